The maximum atomic E-state index is 5.43. The molecule has 0 heterocycles. The Morgan fingerprint density at radius 3 is 2.60 bits per heavy atom. The van der Waals surface area contributed by atoms with Crippen LogP contribution in [0.4, 0.5) is 0 Å². The van der Waals surface area contributed by atoms with Crippen molar-refractivity contribution in [2.24, 2.45) is 11.7 Å². The molecule has 0 amide bonds. The first kappa shape index (κ1) is 10.3. The van der Waals surface area contributed by atoms with Gasteiger partial charge in [0.1, 0.15) is 0 Å². The summed E-state index contributed by atoms with van der Waals surface area (Å²) in [4.78, 5) is 0. The molecule has 0 saturated carbocycles. The molecule has 0 radical (unpaired) electrons. The molecule has 0 aromatic rings. The summed E-state index contributed by atoms with van der Waals surface area (Å²) in [5.74, 6) is 2.13. The van der Waals surface area contributed by atoms with E-state index >= 15 is 0 Å². The topological polar surface area (TPSA) is 26.0 Å². The summed E-state index contributed by atoms with van der Waals surface area (Å²) in [7, 11) is 0. The Hall–Kier alpha value is 0.310. The largest absolute Gasteiger partial charge is 0.330 e. The molecular weight excluding hydrogens is 142 g/mol. The van der Waals surface area contributed by atoms with E-state index in [0.29, 0.717) is 0 Å². The van der Waals surface area contributed by atoms with Gasteiger partial charge in [-0.3, -0.25) is 0 Å². The second kappa shape index (κ2) is 7.42. The van der Waals surface area contributed by atoms with Crippen LogP contribution in [-0.4, -0.2) is 18.6 Å². The summed E-state index contributed by atoms with van der Waals surface area (Å²) in [5.41, 5.74) is 5.43. The highest BCUT2D eigenvalue weighted by Gasteiger charge is 1.98. The molecule has 0 spiro atoms. The minimum Gasteiger partial charge on any atom is -0.330 e. The quantitative estimate of drug-likeness (QED) is 0.604. The lowest BCUT2D eigenvalue weighted by molar-refractivity contribution is 0.495. The molecular formula is C8H19NS. The van der Waals surface area contributed by atoms with Crippen LogP contribution >= 0.6 is 11.8 Å². The number of nitrogens with two attached hydrogens (primary N) is 1. The molecule has 62 valence electrons. The Bertz CT molecular complexity index is 66.3. The molecule has 0 aliphatic rings. The zero-order chi connectivity index (χ0) is 7.82. The van der Waals surface area contributed by atoms with Crippen LogP contribution in [0.2, 0.25) is 0 Å². The molecule has 10 heavy (non-hydrogen) atoms. The average molecular weight is 161 g/mol. The summed E-state index contributed by atoms with van der Waals surface area (Å²) in [6.07, 6.45) is 6.04. The third-order valence-corrected chi connectivity index (χ3v) is 2.40. The van der Waals surface area contributed by atoms with E-state index in [9.17, 15) is 0 Å². The molecule has 1 atom stereocenters. The van der Waals surface area contributed by atoms with Gasteiger partial charge in [-0.05, 0) is 43.7 Å². The zero-order valence-corrected chi connectivity index (χ0v) is 7.91. The fourth-order valence-corrected chi connectivity index (χ4v) is 1.46. The van der Waals surface area contributed by atoms with Gasteiger partial charge in [0.25, 0.3) is 0 Å². The average Bonchev–Trinajstić information content (AvgIpc) is 1.89. The summed E-state index contributed by atoms with van der Waals surface area (Å²) in [5, 5.41) is 0. The van der Waals surface area contributed by atoms with Crippen molar-refractivity contribution in [2.75, 3.05) is 18.6 Å². The van der Waals surface area contributed by atoms with Gasteiger partial charge in [-0.1, -0.05) is 6.92 Å². The van der Waals surface area contributed by atoms with E-state index in [4.69, 9.17) is 5.73 Å². The van der Waals surface area contributed by atoms with Gasteiger partial charge < -0.3 is 5.73 Å². The van der Waals surface area contributed by atoms with Crippen LogP contribution in [0.1, 0.15) is 26.2 Å². The summed E-state index contributed by atoms with van der Waals surface area (Å²) >= 11 is 1.93. The highest BCUT2D eigenvalue weighted by atomic mass is 32.2. The molecule has 0 saturated heterocycles. The van der Waals surface area contributed by atoms with Crippen LogP contribution in [0.15, 0.2) is 0 Å². The van der Waals surface area contributed by atoms with Crippen molar-refractivity contribution in [1.29, 1.82) is 0 Å². The van der Waals surface area contributed by atoms with Crippen LogP contribution < -0.4 is 5.73 Å². The Balaban J connectivity index is 2.97. The summed E-state index contributed by atoms with van der Waals surface area (Å²) in [6, 6.07) is 0. The molecule has 2 heteroatoms. The van der Waals surface area contributed by atoms with E-state index in [0.717, 1.165) is 12.5 Å². The van der Waals surface area contributed by atoms with Gasteiger partial charge in [-0.25, -0.2) is 0 Å². The second-order valence-corrected chi connectivity index (χ2v) is 3.80. The molecule has 0 aromatic carbocycles. The molecule has 1 unspecified atom stereocenters. The fourth-order valence-electron chi connectivity index (χ4n) is 1.00. The minimum atomic E-state index is 0.831. The number of hydrogen-bond acceptors (Lipinski definition) is 2. The van der Waals surface area contributed by atoms with E-state index in [1.165, 1.54) is 25.0 Å². The first-order valence-corrected chi connectivity index (χ1v) is 5.39. The predicted molar refractivity (Wildman–Crippen MR) is 50.5 cm³/mol. The van der Waals surface area contributed by atoms with Crippen LogP contribution in [0, 0.1) is 5.92 Å². The van der Waals surface area contributed by atoms with Crippen molar-refractivity contribution in [3.63, 3.8) is 0 Å². The lowest BCUT2D eigenvalue weighted by Crippen LogP contribution is -2.05. The zero-order valence-electron chi connectivity index (χ0n) is 7.10. The van der Waals surface area contributed by atoms with Crippen LogP contribution in [-0.2, 0) is 0 Å². The van der Waals surface area contributed by atoms with E-state index in [2.05, 4.69) is 13.2 Å². The van der Waals surface area contributed by atoms with Gasteiger partial charge in [0, 0.05) is 0 Å². The molecule has 0 aliphatic carbocycles. The SMILES string of the molecule is CSCCCC(C)CCN. The first-order chi connectivity index (χ1) is 4.81. The van der Waals surface area contributed by atoms with Crippen molar-refractivity contribution in [3.8, 4) is 0 Å². The minimum absolute atomic E-state index is 0.831. The molecule has 0 fully saturated rings. The van der Waals surface area contributed by atoms with Gasteiger partial charge in [-0.2, -0.15) is 11.8 Å². The predicted octanol–water partition coefficient (Wildman–Crippen LogP) is 2.11. The Morgan fingerprint density at radius 1 is 1.40 bits per heavy atom. The molecule has 0 bridgehead atoms. The van der Waals surface area contributed by atoms with Gasteiger partial charge in [0.15, 0.2) is 0 Å². The van der Waals surface area contributed by atoms with Crippen LogP contribution in [0.25, 0.3) is 0 Å². The fraction of sp³-hybridized carbons (Fsp3) is 1.00. The van der Waals surface area contributed by atoms with Crippen molar-refractivity contribution >= 4 is 11.8 Å². The first-order valence-electron chi connectivity index (χ1n) is 4.00. The number of hydrogen-bond donors (Lipinski definition) is 1. The second-order valence-electron chi connectivity index (χ2n) is 2.82. The maximum Gasteiger partial charge on any atom is -0.00702 e. The highest BCUT2D eigenvalue weighted by Crippen LogP contribution is 2.10. The monoisotopic (exact) mass is 161 g/mol. The number of rotatable bonds is 6. The Kier molecular flexibility index (Phi) is 7.65. The standard InChI is InChI=1S/C8H19NS/c1-8(5-6-9)4-3-7-10-2/h8H,3-7,9H2,1-2H3. The Labute approximate surface area is 68.8 Å². The van der Waals surface area contributed by atoms with Gasteiger partial charge in [-0.15, -0.1) is 0 Å². The third-order valence-electron chi connectivity index (χ3n) is 1.70. The van der Waals surface area contributed by atoms with Gasteiger partial charge in [0.05, 0.1) is 0 Å². The highest BCUT2D eigenvalue weighted by molar-refractivity contribution is 7.98. The molecule has 0 rings (SSSR count). The lowest BCUT2D eigenvalue weighted by Gasteiger charge is -2.07. The molecule has 0 aromatic heterocycles. The van der Waals surface area contributed by atoms with Crippen molar-refractivity contribution < 1.29 is 0 Å². The summed E-state index contributed by atoms with van der Waals surface area (Å²) in [6.45, 7) is 3.13. The summed E-state index contributed by atoms with van der Waals surface area (Å²) < 4.78 is 0. The van der Waals surface area contributed by atoms with Crippen LogP contribution in [0.3, 0.4) is 0 Å². The van der Waals surface area contributed by atoms with Crippen molar-refractivity contribution in [2.45, 2.75) is 26.2 Å². The third kappa shape index (κ3) is 6.43. The van der Waals surface area contributed by atoms with Gasteiger partial charge in [0.2, 0.25) is 0 Å². The van der Waals surface area contributed by atoms with E-state index in [1.54, 1.807) is 0 Å². The smallest absolute Gasteiger partial charge is 0.00702 e. The van der Waals surface area contributed by atoms with Crippen LogP contribution in [0.5, 0.6) is 0 Å². The van der Waals surface area contributed by atoms with E-state index < -0.39 is 0 Å². The van der Waals surface area contributed by atoms with Crippen molar-refractivity contribution in [1.82, 2.24) is 0 Å². The molecule has 2 N–H and O–H groups in total. The molecule has 0 aliphatic heterocycles. The van der Waals surface area contributed by atoms with E-state index in [1.807, 2.05) is 11.8 Å². The van der Waals surface area contributed by atoms with E-state index in [-0.39, 0.29) is 0 Å². The van der Waals surface area contributed by atoms with Gasteiger partial charge >= 0.3 is 0 Å². The molecule has 1 nitrogen and oxygen atoms in total. The Morgan fingerprint density at radius 2 is 2.10 bits per heavy atom. The normalized spacial score (nSPS) is 13.5. The maximum absolute atomic E-state index is 5.43. The number of thioether (sulfide) groups is 1. The van der Waals surface area contributed by atoms with Crippen molar-refractivity contribution in [3.05, 3.63) is 0 Å². The lowest BCUT2D eigenvalue weighted by atomic mass is 10.0.